The average molecular weight is 277 g/mol. The molecule has 3 nitrogen and oxygen atoms in total. The van der Waals surface area contributed by atoms with Crippen molar-refractivity contribution >= 4 is 17.2 Å². The lowest BCUT2D eigenvalue weighted by molar-refractivity contribution is 0.0947. The molecular weight excluding hydrogens is 258 g/mol. The minimum atomic E-state index is -0.153. The molecule has 0 bridgehead atoms. The van der Waals surface area contributed by atoms with Crippen LogP contribution in [-0.2, 0) is 0 Å². The number of hydrogen-bond acceptors (Lipinski definition) is 3. The van der Waals surface area contributed by atoms with Gasteiger partial charge < -0.3 is 10.4 Å². The molecule has 2 atom stereocenters. The SMILES string of the molecule is CC1CCC(CNC(=O)c2csc(C#CCO)c2)C1. The Balaban J connectivity index is 1.84. The maximum absolute atomic E-state index is 12.0. The maximum atomic E-state index is 12.0. The first-order valence-corrected chi connectivity index (χ1v) is 7.53. The van der Waals surface area contributed by atoms with Crippen LogP contribution in [0.25, 0.3) is 0 Å². The van der Waals surface area contributed by atoms with Crippen LogP contribution >= 0.6 is 11.3 Å². The minimum absolute atomic E-state index is 0.0205. The van der Waals surface area contributed by atoms with Gasteiger partial charge in [0.05, 0.1) is 10.4 Å². The van der Waals surface area contributed by atoms with Crippen LogP contribution in [0, 0.1) is 23.7 Å². The quantitative estimate of drug-likeness (QED) is 0.833. The molecule has 2 rings (SSSR count). The predicted molar refractivity (Wildman–Crippen MR) is 77.1 cm³/mol. The van der Waals surface area contributed by atoms with E-state index in [1.807, 2.05) is 5.38 Å². The van der Waals surface area contributed by atoms with E-state index in [2.05, 4.69) is 24.1 Å². The minimum Gasteiger partial charge on any atom is -0.384 e. The lowest BCUT2D eigenvalue weighted by atomic mass is 10.1. The second-order valence-electron chi connectivity index (χ2n) is 5.15. The van der Waals surface area contributed by atoms with Crippen molar-refractivity contribution in [3.05, 3.63) is 21.9 Å². The summed E-state index contributed by atoms with van der Waals surface area (Å²) in [4.78, 5) is 12.8. The van der Waals surface area contributed by atoms with Gasteiger partial charge in [0.2, 0.25) is 0 Å². The number of carbonyl (C=O) groups is 1. The molecule has 0 radical (unpaired) electrons. The van der Waals surface area contributed by atoms with Gasteiger partial charge in [-0.2, -0.15) is 0 Å². The first kappa shape index (κ1) is 14.1. The van der Waals surface area contributed by atoms with Crippen molar-refractivity contribution in [3.63, 3.8) is 0 Å². The van der Waals surface area contributed by atoms with Gasteiger partial charge in [0.25, 0.3) is 5.91 Å². The van der Waals surface area contributed by atoms with Crippen LogP contribution in [-0.4, -0.2) is 24.2 Å². The van der Waals surface area contributed by atoms with Crippen LogP contribution in [0.1, 0.15) is 41.4 Å². The summed E-state index contributed by atoms with van der Waals surface area (Å²) in [7, 11) is 0. The van der Waals surface area contributed by atoms with Gasteiger partial charge in [0.1, 0.15) is 6.61 Å². The first-order chi connectivity index (χ1) is 9.19. The van der Waals surface area contributed by atoms with Crippen molar-refractivity contribution in [1.82, 2.24) is 5.32 Å². The van der Waals surface area contributed by atoms with Crippen molar-refractivity contribution in [2.45, 2.75) is 26.2 Å². The maximum Gasteiger partial charge on any atom is 0.252 e. The average Bonchev–Trinajstić information content (AvgIpc) is 3.02. The second-order valence-corrected chi connectivity index (χ2v) is 6.07. The van der Waals surface area contributed by atoms with Gasteiger partial charge in [-0.1, -0.05) is 25.2 Å². The van der Waals surface area contributed by atoms with Gasteiger partial charge in [0, 0.05) is 11.9 Å². The Morgan fingerprint density at radius 3 is 3.11 bits per heavy atom. The summed E-state index contributed by atoms with van der Waals surface area (Å²) in [5.41, 5.74) is 0.665. The Morgan fingerprint density at radius 2 is 2.42 bits per heavy atom. The third-order valence-electron chi connectivity index (χ3n) is 3.51. The fourth-order valence-electron chi connectivity index (χ4n) is 2.50. The Bertz CT molecular complexity index is 498. The van der Waals surface area contributed by atoms with Gasteiger partial charge in [0.15, 0.2) is 0 Å². The third kappa shape index (κ3) is 4.09. The topological polar surface area (TPSA) is 49.3 Å². The van der Waals surface area contributed by atoms with Gasteiger partial charge in [-0.15, -0.1) is 11.3 Å². The van der Waals surface area contributed by atoms with Crippen LogP contribution in [0.15, 0.2) is 11.4 Å². The largest absolute Gasteiger partial charge is 0.384 e. The van der Waals surface area contributed by atoms with Crippen molar-refractivity contribution in [1.29, 1.82) is 0 Å². The van der Waals surface area contributed by atoms with E-state index in [9.17, 15) is 4.79 Å². The third-order valence-corrected chi connectivity index (χ3v) is 4.35. The van der Waals surface area contributed by atoms with Crippen molar-refractivity contribution < 1.29 is 9.90 Å². The summed E-state index contributed by atoms with van der Waals surface area (Å²) < 4.78 is 0. The molecule has 0 spiro atoms. The number of hydrogen-bond donors (Lipinski definition) is 2. The first-order valence-electron chi connectivity index (χ1n) is 6.65. The molecule has 0 aromatic carbocycles. The highest BCUT2D eigenvalue weighted by Gasteiger charge is 2.21. The molecule has 0 saturated heterocycles. The summed E-state index contributed by atoms with van der Waals surface area (Å²) in [6.45, 7) is 2.89. The Labute approximate surface area is 118 Å². The predicted octanol–water partition coefficient (Wildman–Crippen LogP) is 2.26. The van der Waals surface area contributed by atoms with Crippen molar-refractivity contribution in [2.75, 3.05) is 13.2 Å². The Morgan fingerprint density at radius 1 is 1.58 bits per heavy atom. The number of thiophene rings is 1. The van der Waals surface area contributed by atoms with E-state index in [1.54, 1.807) is 6.07 Å². The Hall–Kier alpha value is -1.31. The van der Waals surface area contributed by atoms with E-state index >= 15 is 0 Å². The van der Waals surface area contributed by atoms with Crippen LogP contribution in [0.4, 0.5) is 0 Å². The normalized spacial score (nSPS) is 21.8. The molecule has 2 N–H and O–H groups in total. The van der Waals surface area contributed by atoms with Crippen LogP contribution < -0.4 is 5.32 Å². The molecule has 1 fully saturated rings. The fourth-order valence-corrected chi connectivity index (χ4v) is 3.25. The summed E-state index contributed by atoms with van der Waals surface area (Å²) in [5, 5.41) is 13.4. The Kier molecular flexibility index (Phi) is 5.00. The van der Waals surface area contributed by atoms with E-state index in [-0.39, 0.29) is 12.5 Å². The number of amides is 1. The van der Waals surface area contributed by atoms with Gasteiger partial charge in [-0.25, -0.2) is 0 Å². The van der Waals surface area contributed by atoms with E-state index in [1.165, 1.54) is 30.6 Å². The zero-order valence-electron chi connectivity index (χ0n) is 11.1. The lowest BCUT2D eigenvalue weighted by Gasteiger charge is -2.10. The monoisotopic (exact) mass is 277 g/mol. The number of aliphatic hydroxyl groups is 1. The van der Waals surface area contributed by atoms with Gasteiger partial charge in [-0.05, 0) is 30.7 Å². The molecule has 1 aliphatic carbocycles. The van der Waals surface area contributed by atoms with Gasteiger partial charge in [-0.3, -0.25) is 4.79 Å². The molecule has 0 aliphatic heterocycles. The zero-order chi connectivity index (χ0) is 13.7. The van der Waals surface area contributed by atoms with Crippen LogP contribution in [0.5, 0.6) is 0 Å². The fraction of sp³-hybridized carbons (Fsp3) is 0.533. The number of nitrogens with one attached hydrogen (secondary N) is 1. The highest BCUT2D eigenvalue weighted by atomic mass is 32.1. The summed E-state index contributed by atoms with van der Waals surface area (Å²) in [5.74, 6) is 6.80. The molecule has 2 unspecified atom stereocenters. The van der Waals surface area contributed by atoms with Crippen molar-refractivity contribution in [3.8, 4) is 11.8 Å². The molecule has 4 heteroatoms. The smallest absolute Gasteiger partial charge is 0.252 e. The lowest BCUT2D eigenvalue weighted by Crippen LogP contribution is -2.28. The number of rotatable bonds is 3. The molecule has 1 amide bonds. The van der Waals surface area contributed by atoms with Crippen molar-refractivity contribution in [2.24, 2.45) is 11.8 Å². The highest BCUT2D eigenvalue weighted by molar-refractivity contribution is 7.10. The summed E-state index contributed by atoms with van der Waals surface area (Å²) in [6.07, 6.45) is 3.72. The molecule has 1 aliphatic rings. The second kappa shape index (κ2) is 6.74. The molecular formula is C15H19NO2S. The van der Waals surface area contributed by atoms with E-state index in [0.29, 0.717) is 11.5 Å². The highest BCUT2D eigenvalue weighted by Crippen LogP contribution is 2.29. The summed E-state index contributed by atoms with van der Waals surface area (Å²) >= 11 is 1.43. The van der Waals surface area contributed by atoms with E-state index in [0.717, 1.165) is 17.3 Å². The van der Waals surface area contributed by atoms with Gasteiger partial charge >= 0.3 is 0 Å². The molecule has 1 aromatic heterocycles. The molecule has 102 valence electrons. The standard InChI is InChI=1S/C15H19NO2S/c1-11-4-5-12(7-11)9-16-15(18)13-8-14(19-10-13)3-2-6-17/h8,10-12,17H,4-7,9H2,1H3,(H,16,18). The number of aliphatic hydroxyl groups excluding tert-OH is 1. The molecule has 1 saturated carbocycles. The molecule has 1 aromatic rings. The summed E-state index contributed by atoms with van der Waals surface area (Å²) in [6, 6.07) is 1.78. The van der Waals surface area contributed by atoms with Crippen LogP contribution in [0.3, 0.4) is 0 Å². The molecule has 1 heterocycles. The number of carbonyl (C=O) groups excluding carboxylic acids is 1. The zero-order valence-corrected chi connectivity index (χ0v) is 11.9. The molecule has 19 heavy (non-hydrogen) atoms. The van der Waals surface area contributed by atoms with E-state index < -0.39 is 0 Å². The van der Waals surface area contributed by atoms with E-state index in [4.69, 9.17) is 5.11 Å². The van der Waals surface area contributed by atoms with Crippen LogP contribution in [0.2, 0.25) is 0 Å².